The Morgan fingerprint density at radius 2 is 1.73 bits per heavy atom. The topological polar surface area (TPSA) is 83.5 Å². The Balaban J connectivity index is 1.48. The fraction of sp³-hybridized carbons (Fsp3) is 0.130. The van der Waals surface area contributed by atoms with Crippen LogP contribution < -0.4 is 15.0 Å². The fourth-order valence-electron chi connectivity index (χ4n) is 3.83. The van der Waals surface area contributed by atoms with Gasteiger partial charge >= 0.3 is 0 Å². The van der Waals surface area contributed by atoms with E-state index in [4.69, 9.17) is 32.7 Å². The van der Waals surface area contributed by atoms with Crippen LogP contribution in [0, 0.1) is 0 Å². The third-order valence-corrected chi connectivity index (χ3v) is 5.80. The van der Waals surface area contributed by atoms with Gasteiger partial charge < -0.3 is 9.47 Å². The van der Waals surface area contributed by atoms with Gasteiger partial charge in [0.2, 0.25) is 0 Å². The Morgan fingerprint density at radius 3 is 2.55 bits per heavy atom. The summed E-state index contributed by atoms with van der Waals surface area (Å²) in [5.74, 6) is 2.21. The fourth-order valence-corrected chi connectivity index (χ4v) is 4.34. The van der Waals surface area contributed by atoms with Gasteiger partial charge in [-0.3, -0.25) is 9.36 Å². The van der Waals surface area contributed by atoms with E-state index in [1.54, 1.807) is 35.0 Å². The van der Waals surface area contributed by atoms with Crippen molar-refractivity contribution in [1.29, 1.82) is 0 Å². The monoisotopic (exact) mass is 479 g/mol. The third-order valence-electron chi connectivity index (χ3n) is 5.37. The number of aromatic nitrogens is 5. The second-order valence-corrected chi connectivity index (χ2v) is 8.41. The van der Waals surface area contributed by atoms with Crippen LogP contribution in [0.2, 0.25) is 10.0 Å². The molecule has 6 rings (SSSR count). The summed E-state index contributed by atoms with van der Waals surface area (Å²) in [6.07, 6.45) is 3.98. The molecule has 0 unspecified atom stereocenters. The number of pyridine rings is 1. The van der Waals surface area contributed by atoms with E-state index in [1.807, 2.05) is 18.2 Å². The van der Waals surface area contributed by atoms with Crippen molar-refractivity contribution in [2.75, 3.05) is 13.2 Å². The molecule has 0 fully saturated rings. The summed E-state index contributed by atoms with van der Waals surface area (Å²) in [4.78, 5) is 22.1. The second-order valence-electron chi connectivity index (χ2n) is 7.53. The summed E-state index contributed by atoms with van der Waals surface area (Å²) >= 11 is 12.2. The molecule has 33 heavy (non-hydrogen) atoms. The molecular formula is C23H15Cl2N5O3. The normalized spacial score (nSPS) is 13.4. The van der Waals surface area contributed by atoms with Crippen LogP contribution in [0.5, 0.6) is 11.5 Å². The minimum absolute atomic E-state index is 0.270. The van der Waals surface area contributed by atoms with Crippen LogP contribution in [0.25, 0.3) is 33.8 Å². The van der Waals surface area contributed by atoms with Gasteiger partial charge in [0.05, 0.1) is 29.8 Å². The van der Waals surface area contributed by atoms with Crippen molar-refractivity contribution in [1.82, 2.24) is 24.1 Å². The van der Waals surface area contributed by atoms with Gasteiger partial charge in [0.1, 0.15) is 0 Å². The number of nitrogens with zero attached hydrogens (tertiary/aromatic N) is 5. The molecule has 4 heterocycles. The van der Waals surface area contributed by atoms with E-state index < -0.39 is 0 Å². The predicted octanol–water partition coefficient (Wildman–Crippen LogP) is 4.56. The van der Waals surface area contributed by atoms with E-state index in [9.17, 15) is 4.79 Å². The van der Waals surface area contributed by atoms with E-state index >= 15 is 0 Å². The maximum atomic E-state index is 13.2. The summed E-state index contributed by atoms with van der Waals surface area (Å²) in [7, 11) is 0. The van der Waals surface area contributed by atoms with Crippen molar-refractivity contribution in [3.63, 3.8) is 0 Å². The number of halogens is 2. The van der Waals surface area contributed by atoms with Crippen molar-refractivity contribution in [2.24, 2.45) is 0 Å². The molecule has 5 aromatic rings. The first-order chi connectivity index (χ1) is 16.1. The highest BCUT2D eigenvalue weighted by molar-refractivity contribution is 6.34. The summed E-state index contributed by atoms with van der Waals surface area (Å²) < 4.78 is 14.5. The molecular weight excluding hydrogens is 465 g/mol. The molecule has 0 atom stereocenters. The molecule has 164 valence electrons. The highest BCUT2D eigenvalue weighted by Crippen LogP contribution is 2.33. The SMILES string of the molecule is O=c1c2cnc3nc(-c4ccc5c(c4)OCCCO5)nn3c2ccn1-c1cc(Cl)cc(Cl)c1. The highest BCUT2D eigenvalue weighted by atomic mass is 35.5. The average molecular weight is 480 g/mol. The first-order valence-corrected chi connectivity index (χ1v) is 11.0. The Labute approximate surface area is 196 Å². The zero-order chi connectivity index (χ0) is 22.5. The number of rotatable bonds is 2. The number of hydrogen-bond donors (Lipinski definition) is 0. The zero-order valence-electron chi connectivity index (χ0n) is 17.0. The van der Waals surface area contributed by atoms with Crippen LogP contribution in [0.3, 0.4) is 0 Å². The second kappa shape index (κ2) is 7.75. The maximum absolute atomic E-state index is 13.2. The van der Waals surface area contributed by atoms with Crippen LogP contribution in [0.15, 0.2) is 59.7 Å². The molecule has 0 bridgehead atoms. The number of fused-ring (bicyclic) bond motifs is 4. The molecule has 1 aliphatic rings. The molecule has 0 amide bonds. The lowest BCUT2D eigenvalue weighted by atomic mass is 10.2. The molecule has 0 N–H and O–H groups in total. The van der Waals surface area contributed by atoms with Gasteiger partial charge in [-0.1, -0.05) is 23.2 Å². The molecule has 3 aromatic heterocycles. The molecule has 0 spiro atoms. The minimum atomic E-state index is -0.270. The van der Waals surface area contributed by atoms with Crippen molar-refractivity contribution in [3.05, 3.63) is 75.3 Å². The summed E-state index contributed by atoms with van der Waals surface area (Å²) in [6, 6.07) is 12.3. The van der Waals surface area contributed by atoms with Crippen molar-refractivity contribution >= 4 is 39.9 Å². The zero-order valence-corrected chi connectivity index (χ0v) is 18.5. The molecule has 0 saturated carbocycles. The molecule has 1 aliphatic heterocycles. The summed E-state index contributed by atoms with van der Waals surface area (Å²) in [5.41, 5.74) is 1.64. The van der Waals surface area contributed by atoms with Crippen LogP contribution in [0.4, 0.5) is 0 Å². The van der Waals surface area contributed by atoms with E-state index in [-0.39, 0.29) is 5.56 Å². The maximum Gasteiger partial charge on any atom is 0.266 e. The Kier molecular flexibility index (Phi) is 4.70. The van der Waals surface area contributed by atoms with Crippen molar-refractivity contribution in [3.8, 4) is 28.6 Å². The summed E-state index contributed by atoms with van der Waals surface area (Å²) in [6.45, 7) is 1.21. The van der Waals surface area contributed by atoms with Crippen LogP contribution in [-0.4, -0.2) is 37.4 Å². The smallest absolute Gasteiger partial charge is 0.266 e. The summed E-state index contributed by atoms with van der Waals surface area (Å²) in [5, 5.41) is 5.87. The standard InChI is InChI=1S/C23H15Cl2N5O3/c24-14-9-15(25)11-16(10-14)29-5-4-18-17(22(29)31)12-26-23-27-21(28-30(18)23)13-2-3-19-20(8-13)33-7-1-6-32-19/h2-5,8-12H,1,6-7H2. The Bertz CT molecular complexity index is 1590. The molecule has 0 radical (unpaired) electrons. The molecule has 0 aliphatic carbocycles. The molecule has 8 nitrogen and oxygen atoms in total. The van der Waals surface area contributed by atoms with E-state index in [1.165, 1.54) is 10.8 Å². The molecule has 10 heteroatoms. The lowest BCUT2D eigenvalue weighted by Gasteiger charge is -2.08. The first-order valence-electron chi connectivity index (χ1n) is 10.2. The van der Waals surface area contributed by atoms with E-state index in [2.05, 4.69) is 15.1 Å². The Hall–Kier alpha value is -3.62. The number of benzene rings is 2. The van der Waals surface area contributed by atoms with Crippen molar-refractivity contribution < 1.29 is 9.47 Å². The van der Waals surface area contributed by atoms with Gasteiger partial charge in [-0.15, -0.1) is 5.10 Å². The van der Waals surface area contributed by atoms with Gasteiger partial charge in [-0.25, -0.2) is 4.98 Å². The van der Waals surface area contributed by atoms with Crippen molar-refractivity contribution in [2.45, 2.75) is 6.42 Å². The first kappa shape index (κ1) is 20.0. The number of ether oxygens (including phenoxy) is 2. The largest absolute Gasteiger partial charge is 0.490 e. The molecule has 2 aromatic carbocycles. The van der Waals surface area contributed by atoms with Crippen LogP contribution >= 0.6 is 23.2 Å². The van der Waals surface area contributed by atoms with E-state index in [0.29, 0.717) is 63.0 Å². The van der Waals surface area contributed by atoms with Gasteiger partial charge in [0.15, 0.2) is 17.3 Å². The van der Waals surface area contributed by atoms with E-state index in [0.717, 1.165) is 12.0 Å². The molecule has 0 saturated heterocycles. The van der Waals surface area contributed by atoms with Gasteiger partial charge in [-0.05, 0) is 42.5 Å². The Morgan fingerprint density at radius 1 is 0.939 bits per heavy atom. The minimum Gasteiger partial charge on any atom is -0.490 e. The third kappa shape index (κ3) is 3.48. The van der Waals surface area contributed by atoms with Gasteiger partial charge in [0.25, 0.3) is 11.3 Å². The van der Waals surface area contributed by atoms with Crippen LogP contribution in [0.1, 0.15) is 6.42 Å². The van der Waals surface area contributed by atoms with Crippen LogP contribution in [-0.2, 0) is 0 Å². The average Bonchev–Trinajstić information content (AvgIpc) is 3.10. The van der Waals surface area contributed by atoms with Gasteiger partial charge in [-0.2, -0.15) is 9.50 Å². The number of hydrogen-bond acceptors (Lipinski definition) is 6. The predicted molar refractivity (Wildman–Crippen MR) is 125 cm³/mol. The lowest BCUT2D eigenvalue weighted by Crippen LogP contribution is -2.18. The quantitative estimate of drug-likeness (QED) is 0.368. The van der Waals surface area contributed by atoms with Gasteiger partial charge in [0, 0.05) is 34.4 Å². The highest BCUT2D eigenvalue weighted by Gasteiger charge is 2.16. The lowest BCUT2D eigenvalue weighted by molar-refractivity contribution is 0.297.